The molecule has 3 heteroatoms. The van der Waals surface area contributed by atoms with Crippen molar-refractivity contribution in [3.63, 3.8) is 0 Å². The molecule has 0 aliphatic heterocycles. The van der Waals surface area contributed by atoms with Gasteiger partial charge in [0.2, 0.25) is 0 Å². The zero-order valence-electron chi connectivity index (χ0n) is 3.45. The maximum atomic E-state index is 5.30. The zero-order valence-corrected chi connectivity index (χ0v) is 4.96. The van der Waals surface area contributed by atoms with Gasteiger partial charge in [0.05, 0.1) is 5.88 Å². The van der Waals surface area contributed by atoms with Crippen LogP contribution in [0.3, 0.4) is 0 Å². The van der Waals surface area contributed by atoms with Crippen LogP contribution >= 0.6 is 23.2 Å². The van der Waals surface area contributed by atoms with Crippen LogP contribution in [0.15, 0.2) is 0 Å². The van der Waals surface area contributed by atoms with Gasteiger partial charge in [-0.25, -0.2) is 0 Å². The Bertz CT molecular complexity index is 28.0. The summed E-state index contributed by atoms with van der Waals surface area (Å²) in [4.78, 5) is 0. The molecule has 0 rings (SSSR count). The molecule has 0 radical (unpaired) electrons. The fraction of sp³-hybridized carbons (Fsp3) is 1.00. The van der Waals surface area contributed by atoms with Crippen molar-refractivity contribution >= 4 is 23.2 Å². The molecular formula is C3H6Cl2O. The van der Waals surface area contributed by atoms with E-state index >= 15 is 0 Å². The van der Waals surface area contributed by atoms with Gasteiger partial charge in [0, 0.05) is 7.11 Å². The van der Waals surface area contributed by atoms with Crippen LogP contribution < -0.4 is 0 Å². The van der Waals surface area contributed by atoms with Crippen molar-refractivity contribution in [3.05, 3.63) is 0 Å². The molecule has 6 heavy (non-hydrogen) atoms. The Balaban J connectivity index is 2.75. The number of hydrogen-bond acceptors (Lipinski definition) is 1. The third-order valence-corrected chi connectivity index (χ3v) is 1.15. The molecule has 38 valence electrons. The first kappa shape index (κ1) is 6.54. The summed E-state index contributed by atoms with van der Waals surface area (Å²) in [5.41, 5.74) is -0.327. The van der Waals surface area contributed by atoms with Gasteiger partial charge in [-0.3, -0.25) is 0 Å². The SMILES string of the molecule is COC(Cl)CCl. The van der Waals surface area contributed by atoms with Crippen LogP contribution in [0.5, 0.6) is 0 Å². The molecule has 0 spiro atoms. The number of alkyl halides is 2. The lowest BCUT2D eigenvalue weighted by molar-refractivity contribution is 0.184. The minimum absolute atomic E-state index is 0.327. The second kappa shape index (κ2) is 3.72. The molecule has 0 heterocycles. The van der Waals surface area contributed by atoms with Crippen LogP contribution in [-0.4, -0.2) is 18.6 Å². The summed E-state index contributed by atoms with van der Waals surface area (Å²) in [6, 6.07) is 0. The van der Waals surface area contributed by atoms with E-state index < -0.39 is 0 Å². The average Bonchev–Trinajstić information content (AvgIpc) is 1.65. The number of ether oxygens (including phenoxy) is 1. The maximum Gasteiger partial charge on any atom is 0.144 e. The summed E-state index contributed by atoms with van der Waals surface area (Å²) in [6.07, 6.45) is 0. The molecule has 1 unspecified atom stereocenters. The van der Waals surface area contributed by atoms with Gasteiger partial charge in [0.25, 0.3) is 0 Å². The predicted molar refractivity (Wildman–Crippen MR) is 27.4 cm³/mol. The van der Waals surface area contributed by atoms with Crippen molar-refractivity contribution in [1.29, 1.82) is 0 Å². The molecule has 0 aromatic carbocycles. The summed E-state index contributed by atoms with van der Waals surface area (Å²) in [5.74, 6) is 0.345. The van der Waals surface area contributed by atoms with Crippen LogP contribution in [0.2, 0.25) is 0 Å². The van der Waals surface area contributed by atoms with Gasteiger partial charge in [0.15, 0.2) is 0 Å². The number of methoxy groups -OCH3 is 1. The van der Waals surface area contributed by atoms with E-state index in [2.05, 4.69) is 4.74 Å². The summed E-state index contributed by atoms with van der Waals surface area (Å²) in [5, 5.41) is 0. The van der Waals surface area contributed by atoms with Gasteiger partial charge < -0.3 is 4.74 Å². The Morgan fingerprint density at radius 3 is 2.33 bits per heavy atom. The highest BCUT2D eigenvalue weighted by Gasteiger charge is 1.93. The van der Waals surface area contributed by atoms with Gasteiger partial charge in [0.1, 0.15) is 5.56 Å². The first-order valence-corrected chi connectivity index (χ1v) is 2.51. The average molecular weight is 129 g/mol. The third kappa shape index (κ3) is 2.76. The van der Waals surface area contributed by atoms with Gasteiger partial charge in [-0.1, -0.05) is 11.6 Å². The molecule has 0 fully saturated rings. The lowest BCUT2D eigenvalue weighted by Crippen LogP contribution is -2.00. The highest BCUT2D eigenvalue weighted by Crippen LogP contribution is 1.96. The van der Waals surface area contributed by atoms with E-state index in [9.17, 15) is 0 Å². The Labute approximate surface area is 47.2 Å². The lowest BCUT2D eigenvalue weighted by atomic mass is 10.8. The number of halogens is 2. The summed E-state index contributed by atoms with van der Waals surface area (Å²) in [7, 11) is 1.51. The number of hydrogen-bond donors (Lipinski definition) is 0. The quantitative estimate of drug-likeness (QED) is 0.512. The standard InChI is InChI=1S/C3H6Cl2O/c1-6-3(5)2-4/h3H,2H2,1H3. The van der Waals surface area contributed by atoms with Crippen molar-refractivity contribution in [3.8, 4) is 0 Å². The van der Waals surface area contributed by atoms with E-state index in [1.807, 2.05) is 0 Å². The minimum atomic E-state index is -0.327. The van der Waals surface area contributed by atoms with Gasteiger partial charge in [-0.15, -0.1) is 11.6 Å². The molecule has 0 saturated heterocycles. The highest BCUT2D eigenvalue weighted by molar-refractivity contribution is 6.27. The molecule has 0 aromatic heterocycles. The predicted octanol–water partition coefficient (Wildman–Crippen LogP) is 1.44. The van der Waals surface area contributed by atoms with E-state index in [1.54, 1.807) is 0 Å². The number of rotatable bonds is 2. The van der Waals surface area contributed by atoms with E-state index in [4.69, 9.17) is 23.2 Å². The Hall–Kier alpha value is 0.540. The zero-order chi connectivity index (χ0) is 4.99. The molecule has 0 N–H and O–H groups in total. The van der Waals surface area contributed by atoms with E-state index in [0.29, 0.717) is 5.88 Å². The molecule has 0 aliphatic rings. The summed E-state index contributed by atoms with van der Waals surface area (Å²) >= 11 is 10.5. The van der Waals surface area contributed by atoms with Gasteiger partial charge in [-0.2, -0.15) is 0 Å². The molecule has 0 amide bonds. The second-order valence-corrected chi connectivity index (χ2v) is 1.60. The molecule has 1 nitrogen and oxygen atoms in total. The van der Waals surface area contributed by atoms with Gasteiger partial charge >= 0.3 is 0 Å². The second-order valence-electron chi connectivity index (χ2n) is 0.800. The topological polar surface area (TPSA) is 9.23 Å². The molecule has 0 bridgehead atoms. The normalized spacial score (nSPS) is 14.5. The Morgan fingerprint density at radius 1 is 1.83 bits per heavy atom. The van der Waals surface area contributed by atoms with E-state index in [0.717, 1.165) is 0 Å². The minimum Gasteiger partial charge on any atom is -0.364 e. The van der Waals surface area contributed by atoms with Crippen molar-refractivity contribution in [1.82, 2.24) is 0 Å². The maximum absolute atomic E-state index is 5.30. The fourth-order valence-corrected chi connectivity index (χ4v) is 0.189. The third-order valence-electron chi connectivity index (χ3n) is 0.377. The molecule has 0 saturated carbocycles. The van der Waals surface area contributed by atoms with E-state index in [-0.39, 0.29) is 5.56 Å². The first-order valence-electron chi connectivity index (χ1n) is 1.54. The first-order chi connectivity index (χ1) is 2.81. The summed E-state index contributed by atoms with van der Waals surface area (Å²) in [6.45, 7) is 0. The van der Waals surface area contributed by atoms with Gasteiger partial charge in [-0.05, 0) is 0 Å². The van der Waals surface area contributed by atoms with Crippen molar-refractivity contribution < 1.29 is 4.74 Å². The van der Waals surface area contributed by atoms with E-state index in [1.165, 1.54) is 7.11 Å². The molecular weight excluding hydrogens is 123 g/mol. The van der Waals surface area contributed by atoms with Crippen LogP contribution in [0.4, 0.5) is 0 Å². The largest absolute Gasteiger partial charge is 0.364 e. The lowest BCUT2D eigenvalue weighted by Gasteiger charge is -1.97. The molecule has 0 aromatic rings. The molecule has 1 atom stereocenters. The molecule has 0 aliphatic carbocycles. The van der Waals surface area contributed by atoms with Crippen molar-refractivity contribution in [2.24, 2.45) is 0 Å². The Morgan fingerprint density at radius 2 is 2.33 bits per heavy atom. The summed E-state index contributed by atoms with van der Waals surface area (Å²) < 4.78 is 4.53. The monoisotopic (exact) mass is 128 g/mol. The van der Waals surface area contributed by atoms with Crippen LogP contribution in [0.1, 0.15) is 0 Å². The van der Waals surface area contributed by atoms with Crippen molar-refractivity contribution in [2.45, 2.75) is 5.56 Å². The van der Waals surface area contributed by atoms with Crippen molar-refractivity contribution in [2.75, 3.05) is 13.0 Å². The highest BCUT2D eigenvalue weighted by atomic mass is 35.5. The van der Waals surface area contributed by atoms with Crippen LogP contribution in [0, 0.1) is 0 Å². The van der Waals surface area contributed by atoms with Crippen LogP contribution in [-0.2, 0) is 4.74 Å². The van der Waals surface area contributed by atoms with Crippen LogP contribution in [0.25, 0.3) is 0 Å². The Kier molecular flexibility index (Phi) is 4.06. The smallest absolute Gasteiger partial charge is 0.144 e. The fourth-order valence-electron chi connectivity index (χ4n) is 0.0630.